The number of morpholine rings is 1. The SMILES string of the molecule is CC1CN(S(=O)(=O)c2ccc([N+](=O)[O-])c(F)c2)CCO1. The normalized spacial score (nSPS) is 20.8. The molecule has 0 aliphatic carbocycles. The summed E-state index contributed by atoms with van der Waals surface area (Å²) in [6.07, 6.45) is -0.249. The van der Waals surface area contributed by atoms with Crippen molar-refractivity contribution in [2.75, 3.05) is 19.7 Å². The molecular formula is C11H13FN2O5S. The van der Waals surface area contributed by atoms with E-state index in [-0.39, 0.29) is 30.7 Å². The molecule has 1 saturated heterocycles. The van der Waals surface area contributed by atoms with Gasteiger partial charge in [-0.05, 0) is 13.0 Å². The molecule has 1 aromatic carbocycles. The number of benzene rings is 1. The van der Waals surface area contributed by atoms with Crippen molar-refractivity contribution in [3.05, 3.63) is 34.1 Å². The number of nitro benzene ring substituents is 1. The summed E-state index contributed by atoms with van der Waals surface area (Å²) in [7, 11) is -3.87. The van der Waals surface area contributed by atoms with Gasteiger partial charge >= 0.3 is 5.69 Å². The second kappa shape index (κ2) is 5.43. The minimum absolute atomic E-state index is 0.168. The third kappa shape index (κ3) is 2.79. The summed E-state index contributed by atoms with van der Waals surface area (Å²) < 4.78 is 44.6. The van der Waals surface area contributed by atoms with E-state index in [1.807, 2.05) is 0 Å². The molecule has 1 fully saturated rings. The number of nitrogens with zero attached hydrogens (tertiary/aromatic N) is 2. The topological polar surface area (TPSA) is 89.8 Å². The molecule has 20 heavy (non-hydrogen) atoms. The standard InChI is InChI=1S/C11H13FN2O5S/c1-8-7-13(4-5-19-8)20(17,18)9-2-3-11(14(15)16)10(12)6-9/h2-3,6,8H,4-5,7H2,1H3. The predicted molar refractivity (Wildman–Crippen MR) is 67.2 cm³/mol. The zero-order valence-corrected chi connectivity index (χ0v) is 11.5. The molecule has 0 N–H and O–H groups in total. The van der Waals surface area contributed by atoms with Crippen molar-refractivity contribution in [3.63, 3.8) is 0 Å². The Morgan fingerprint density at radius 3 is 2.75 bits per heavy atom. The third-order valence-electron chi connectivity index (χ3n) is 2.96. The fourth-order valence-electron chi connectivity index (χ4n) is 1.95. The van der Waals surface area contributed by atoms with Crippen molar-refractivity contribution in [2.45, 2.75) is 17.9 Å². The Balaban J connectivity index is 2.34. The molecule has 2 rings (SSSR count). The summed E-state index contributed by atoms with van der Waals surface area (Å²) in [6, 6.07) is 2.57. The molecule has 0 bridgehead atoms. The largest absolute Gasteiger partial charge is 0.376 e. The Kier molecular flexibility index (Phi) is 4.02. The van der Waals surface area contributed by atoms with Gasteiger partial charge in [0.25, 0.3) is 0 Å². The first-order chi connectivity index (χ1) is 9.32. The Morgan fingerprint density at radius 2 is 2.20 bits per heavy atom. The lowest BCUT2D eigenvalue weighted by atomic mass is 10.3. The van der Waals surface area contributed by atoms with Crippen molar-refractivity contribution in [3.8, 4) is 0 Å². The van der Waals surface area contributed by atoms with E-state index < -0.39 is 26.5 Å². The van der Waals surface area contributed by atoms with Crippen LogP contribution in [-0.2, 0) is 14.8 Å². The van der Waals surface area contributed by atoms with Crippen molar-refractivity contribution in [2.24, 2.45) is 0 Å². The number of hydrogen-bond donors (Lipinski definition) is 0. The van der Waals surface area contributed by atoms with Crippen LogP contribution >= 0.6 is 0 Å². The fourth-order valence-corrected chi connectivity index (χ4v) is 3.46. The summed E-state index contributed by atoms with van der Waals surface area (Å²) in [5.41, 5.74) is -0.751. The van der Waals surface area contributed by atoms with E-state index in [9.17, 15) is 22.9 Å². The van der Waals surface area contributed by atoms with Crippen molar-refractivity contribution in [1.29, 1.82) is 0 Å². The van der Waals surface area contributed by atoms with Crippen LogP contribution in [0.25, 0.3) is 0 Å². The van der Waals surface area contributed by atoms with Crippen LogP contribution in [0, 0.1) is 15.9 Å². The summed E-state index contributed by atoms with van der Waals surface area (Å²) in [5.74, 6) is -1.17. The highest BCUT2D eigenvalue weighted by molar-refractivity contribution is 7.89. The fraction of sp³-hybridized carbons (Fsp3) is 0.455. The van der Waals surface area contributed by atoms with Crippen LogP contribution in [0.3, 0.4) is 0 Å². The highest BCUT2D eigenvalue weighted by Gasteiger charge is 2.30. The van der Waals surface area contributed by atoms with Crippen molar-refractivity contribution in [1.82, 2.24) is 4.31 Å². The van der Waals surface area contributed by atoms with Crippen molar-refractivity contribution < 1.29 is 22.5 Å². The number of sulfonamides is 1. The molecule has 1 unspecified atom stereocenters. The number of halogens is 1. The van der Waals surface area contributed by atoms with E-state index in [0.717, 1.165) is 12.1 Å². The molecule has 0 amide bonds. The monoisotopic (exact) mass is 304 g/mol. The molecule has 0 aromatic heterocycles. The van der Waals surface area contributed by atoms with Gasteiger partial charge in [-0.2, -0.15) is 8.70 Å². The lowest BCUT2D eigenvalue weighted by molar-refractivity contribution is -0.387. The summed E-state index contributed by atoms with van der Waals surface area (Å²) in [5, 5.41) is 10.5. The van der Waals surface area contributed by atoms with Gasteiger partial charge in [-0.1, -0.05) is 0 Å². The van der Waals surface area contributed by atoms with E-state index in [1.54, 1.807) is 6.92 Å². The Bertz CT molecular complexity index is 634. The summed E-state index contributed by atoms with van der Waals surface area (Å²) >= 11 is 0. The van der Waals surface area contributed by atoms with Crippen LogP contribution < -0.4 is 0 Å². The van der Waals surface area contributed by atoms with E-state index in [4.69, 9.17) is 4.74 Å². The molecule has 0 spiro atoms. The molecule has 7 nitrogen and oxygen atoms in total. The minimum Gasteiger partial charge on any atom is -0.376 e. The quantitative estimate of drug-likeness (QED) is 0.617. The molecule has 110 valence electrons. The molecule has 1 heterocycles. The number of nitro groups is 1. The highest BCUT2D eigenvalue weighted by Crippen LogP contribution is 2.24. The molecule has 1 atom stereocenters. The van der Waals surface area contributed by atoms with Crippen LogP contribution in [0.15, 0.2) is 23.1 Å². The van der Waals surface area contributed by atoms with Crippen LogP contribution in [0.5, 0.6) is 0 Å². The maximum atomic E-state index is 13.5. The molecule has 1 aliphatic heterocycles. The minimum atomic E-state index is -3.87. The number of hydrogen-bond acceptors (Lipinski definition) is 5. The molecule has 9 heteroatoms. The number of ether oxygens (including phenoxy) is 1. The first-order valence-electron chi connectivity index (χ1n) is 5.88. The summed E-state index contributed by atoms with van der Waals surface area (Å²) in [4.78, 5) is 9.32. The van der Waals surface area contributed by atoms with Gasteiger partial charge in [-0.25, -0.2) is 8.42 Å². The van der Waals surface area contributed by atoms with E-state index in [2.05, 4.69) is 0 Å². The van der Waals surface area contributed by atoms with E-state index >= 15 is 0 Å². The first-order valence-corrected chi connectivity index (χ1v) is 7.32. The second-order valence-corrected chi connectivity index (χ2v) is 6.35. The van der Waals surface area contributed by atoms with Crippen molar-refractivity contribution >= 4 is 15.7 Å². The number of rotatable bonds is 3. The maximum absolute atomic E-state index is 13.5. The molecule has 1 aliphatic rings. The lowest BCUT2D eigenvalue weighted by Crippen LogP contribution is -2.44. The molecule has 1 aromatic rings. The molecular weight excluding hydrogens is 291 g/mol. The Morgan fingerprint density at radius 1 is 1.50 bits per heavy atom. The molecule has 0 saturated carbocycles. The predicted octanol–water partition coefficient (Wildman–Crippen LogP) is 1.14. The summed E-state index contributed by atoms with van der Waals surface area (Å²) in [6.45, 7) is 2.33. The van der Waals surface area contributed by atoms with Crippen LogP contribution in [0.4, 0.5) is 10.1 Å². The van der Waals surface area contributed by atoms with E-state index in [0.29, 0.717) is 6.07 Å². The van der Waals surface area contributed by atoms with Gasteiger partial charge < -0.3 is 4.74 Å². The van der Waals surface area contributed by atoms with Gasteiger partial charge in [0, 0.05) is 25.2 Å². The van der Waals surface area contributed by atoms with Crippen LogP contribution in [0.1, 0.15) is 6.92 Å². The van der Waals surface area contributed by atoms with Gasteiger partial charge in [-0.3, -0.25) is 10.1 Å². The average molecular weight is 304 g/mol. The Labute approximate surface area is 115 Å². The first kappa shape index (κ1) is 14.8. The third-order valence-corrected chi connectivity index (χ3v) is 4.82. The van der Waals surface area contributed by atoms with Gasteiger partial charge in [0.05, 0.1) is 22.5 Å². The maximum Gasteiger partial charge on any atom is 0.304 e. The van der Waals surface area contributed by atoms with E-state index in [1.165, 1.54) is 4.31 Å². The zero-order chi connectivity index (χ0) is 14.9. The average Bonchev–Trinajstić information content (AvgIpc) is 2.38. The van der Waals surface area contributed by atoms with Crippen LogP contribution in [-0.4, -0.2) is 43.4 Å². The zero-order valence-electron chi connectivity index (χ0n) is 10.7. The van der Waals surface area contributed by atoms with Crippen LogP contribution in [0.2, 0.25) is 0 Å². The lowest BCUT2D eigenvalue weighted by Gasteiger charge is -2.30. The molecule has 0 radical (unpaired) electrons. The Hall–Kier alpha value is -1.58. The van der Waals surface area contributed by atoms with Gasteiger partial charge in [-0.15, -0.1) is 0 Å². The second-order valence-electron chi connectivity index (χ2n) is 4.41. The highest BCUT2D eigenvalue weighted by atomic mass is 32.2. The van der Waals surface area contributed by atoms with Gasteiger partial charge in [0.15, 0.2) is 0 Å². The smallest absolute Gasteiger partial charge is 0.304 e. The van der Waals surface area contributed by atoms with Gasteiger partial charge in [0.2, 0.25) is 15.8 Å². The van der Waals surface area contributed by atoms with Gasteiger partial charge in [0.1, 0.15) is 0 Å².